The SMILES string of the molecule is O=C(CNCCCN1CCOCC1)Nc1ccc2c(c1)OCO2. The summed E-state index contributed by atoms with van der Waals surface area (Å²) in [6.45, 7) is 6.06. The van der Waals surface area contributed by atoms with Crippen LogP contribution in [0.1, 0.15) is 6.42 Å². The van der Waals surface area contributed by atoms with E-state index in [1.54, 1.807) is 12.1 Å². The Hall–Kier alpha value is -1.83. The Morgan fingerprint density at radius 2 is 2.00 bits per heavy atom. The van der Waals surface area contributed by atoms with Crippen LogP contribution in [0.4, 0.5) is 5.69 Å². The fourth-order valence-corrected chi connectivity index (χ4v) is 2.63. The van der Waals surface area contributed by atoms with Crippen LogP contribution in [0, 0.1) is 0 Å². The summed E-state index contributed by atoms with van der Waals surface area (Å²) in [6, 6.07) is 5.39. The Bertz CT molecular complexity index is 532. The highest BCUT2D eigenvalue weighted by Crippen LogP contribution is 2.34. The average Bonchev–Trinajstić information content (AvgIpc) is 3.03. The van der Waals surface area contributed by atoms with E-state index in [9.17, 15) is 4.79 Å². The second-order valence-electron chi connectivity index (χ2n) is 5.60. The molecular weight excluding hydrogens is 298 g/mol. The van der Waals surface area contributed by atoms with Crippen molar-refractivity contribution in [3.05, 3.63) is 18.2 Å². The lowest BCUT2D eigenvalue weighted by Crippen LogP contribution is -2.38. The number of morpholine rings is 1. The summed E-state index contributed by atoms with van der Waals surface area (Å²) in [5.74, 6) is 1.32. The van der Waals surface area contributed by atoms with Gasteiger partial charge in [-0.2, -0.15) is 0 Å². The predicted molar refractivity (Wildman–Crippen MR) is 85.9 cm³/mol. The maximum atomic E-state index is 11.9. The van der Waals surface area contributed by atoms with E-state index in [4.69, 9.17) is 14.2 Å². The van der Waals surface area contributed by atoms with Crippen LogP contribution in [0.5, 0.6) is 11.5 Å². The Morgan fingerprint density at radius 1 is 1.17 bits per heavy atom. The summed E-state index contributed by atoms with van der Waals surface area (Å²) >= 11 is 0. The highest BCUT2D eigenvalue weighted by Gasteiger charge is 2.14. The number of hydrogen-bond donors (Lipinski definition) is 2. The normalized spacial score (nSPS) is 17.2. The number of anilines is 1. The number of hydrogen-bond acceptors (Lipinski definition) is 6. The molecule has 1 amide bonds. The number of rotatable bonds is 7. The molecule has 1 aromatic carbocycles. The molecule has 0 radical (unpaired) electrons. The number of carbonyl (C=O) groups is 1. The largest absolute Gasteiger partial charge is 0.454 e. The monoisotopic (exact) mass is 321 g/mol. The number of ether oxygens (including phenoxy) is 3. The molecule has 2 aliphatic heterocycles. The molecule has 0 aliphatic carbocycles. The zero-order chi connectivity index (χ0) is 15.9. The smallest absolute Gasteiger partial charge is 0.238 e. The van der Waals surface area contributed by atoms with E-state index in [1.165, 1.54) is 0 Å². The first kappa shape index (κ1) is 16.0. The van der Waals surface area contributed by atoms with Gasteiger partial charge in [-0.15, -0.1) is 0 Å². The molecule has 1 fully saturated rings. The summed E-state index contributed by atoms with van der Waals surface area (Å²) in [5.41, 5.74) is 0.717. The van der Waals surface area contributed by atoms with Gasteiger partial charge in [0.1, 0.15) is 0 Å². The predicted octanol–water partition coefficient (Wildman–Crippen LogP) is 0.666. The summed E-state index contributed by atoms with van der Waals surface area (Å²) in [7, 11) is 0. The standard InChI is InChI=1S/C16H23N3O4/c20-16(11-17-4-1-5-19-6-8-21-9-7-19)18-13-2-3-14-15(10-13)23-12-22-14/h2-3,10,17H,1,4-9,11-12H2,(H,18,20). The number of nitrogens with one attached hydrogen (secondary N) is 2. The third-order valence-corrected chi connectivity index (χ3v) is 3.87. The van der Waals surface area contributed by atoms with Gasteiger partial charge in [0.2, 0.25) is 12.7 Å². The van der Waals surface area contributed by atoms with Crippen molar-refractivity contribution in [3.63, 3.8) is 0 Å². The van der Waals surface area contributed by atoms with Gasteiger partial charge in [0.05, 0.1) is 19.8 Å². The average molecular weight is 321 g/mol. The molecule has 2 N–H and O–H groups in total. The molecule has 126 valence electrons. The van der Waals surface area contributed by atoms with Crippen LogP contribution in [0.25, 0.3) is 0 Å². The van der Waals surface area contributed by atoms with E-state index in [0.29, 0.717) is 18.0 Å². The molecule has 0 bridgehead atoms. The number of amides is 1. The summed E-state index contributed by atoms with van der Waals surface area (Å²) in [4.78, 5) is 14.3. The van der Waals surface area contributed by atoms with Crippen molar-refractivity contribution in [2.45, 2.75) is 6.42 Å². The highest BCUT2D eigenvalue weighted by molar-refractivity contribution is 5.92. The first-order valence-corrected chi connectivity index (χ1v) is 8.01. The van der Waals surface area contributed by atoms with Gasteiger partial charge >= 0.3 is 0 Å². The van der Waals surface area contributed by atoms with Crippen molar-refractivity contribution >= 4 is 11.6 Å². The molecule has 1 saturated heterocycles. The Balaban J connectivity index is 1.30. The molecule has 7 nitrogen and oxygen atoms in total. The molecule has 7 heteroatoms. The van der Waals surface area contributed by atoms with Crippen LogP contribution in [-0.2, 0) is 9.53 Å². The van der Waals surface area contributed by atoms with Gasteiger partial charge in [-0.25, -0.2) is 0 Å². The van der Waals surface area contributed by atoms with E-state index in [2.05, 4.69) is 15.5 Å². The van der Waals surface area contributed by atoms with E-state index in [1.807, 2.05) is 6.07 Å². The lowest BCUT2D eigenvalue weighted by atomic mass is 10.2. The van der Waals surface area contributed by atoms with Crippen molar-refractivity contribution < 1.29 is 19.0 Å². The Kier molecular flexibility index (Phi) is 5.68. The summed E-state index contributed by atoms with van der Waals surface area (Å²) in [6.07, 6.45) is 1.03. The van der Waals surface area contributed by atoms with Crippen LogP contribution in [0.3, 0.4) is 0 Å². The van der Waals surface area contributed by atoms with Crippen LogP contribution >= 0.6 is 0 Å². The van der Waals surface area contributed by atoms with Crippen molar-refractivity contribution in [3.8, 4) is 11.5 Å². The van der Waals surface area contributed by atoms with Gasteiger partial charge in [-0.05, 0) is 31.6 Å². The molecule has 0 unspecified atom stereocenters. The third kappa shape index (κ3) is 4.82. The zero-order valence-electron chi connectivity index (χ0n) is 13.2. The molecule has 1 aromatic rings. The maximum absolute atomic E-state index is 11.9. The molecule has 2 aliphatic rings. The van der Waals surface area contributed by atoms with Crippen LogP contribution < -0.4 is 20.1 Å². The first-order valence-electron chi connectivity index (χ1n) is 8.01. The minimum atomic E-state index is -0.0600. The second kappa shape index (κ2) is 8.14. The van der Waals surface area contributed by atoms with Crippen molar-refractivity contribution in [1.82, 2.24) is 10.2 Å². The summed E-state index contributed by atoms with van der Waals surface area (Å²) in [5, 5.41) is 6.02. The van der Waals surface area contributed by atoms with E-state index < -0.39 is 0 Å². The maximum Gasteiger partial charge on any atom is 0.238 e. The number of nitrogens with zero attached hydrogens (tertiary/aromatic N) is 1. The van der Waals surface area contributed by atoms with E-state index in [0.717, 1.165) is 51.5 Å². The Morgan fingerprint density at radius 3 is 2.87 bits per heavy atom. The quantitative estimate of drug-likeness (QED) is 0.719. The first-order chi connectivity index (χ1) is 11.3. The van der Waals surface area contributed by atoms with Gasteiger partial charge in [0, 0.05) is 24.8 Å². The highest BCUT2D eigenvalue weighted by atomic mass is 16.7. The minimum Gasteiger partial charge on any atom is -0.454 e. The topological polar surface area (TPSA) is 72.1 Å². The van der Waals surface area contributed by atoms with Crippen LogP contribution in [-0.4, -0.2) is 63.5 Å². The molecule has 3 rings (SSSR count). The second-order valence-corrected chi connectivity index (χ2v) is 5.60. The Labute approximate surface area is 135 Å². The number of fused-ring (bicyclic) bond motifs is 1. The molecule has 23 heavy (non-hydrogen) atoms. The van der Waals surface area contributed by atoms with Gasteiger partial charge in [-0.3, -0.25) is 9.69 Å². The van der Waals surface area contributed by atoms with E-state index in [-0.39, 0.29) is 12.7 Å². The lowest BCUT2D eigenvalue weighted by molar-refractivity contribution is -0.115. The van der Waals surface area contributed by atoms with Crippen molar-refractivity contribution in [1.29, 1.82) is 0 Å². The molecule has 2 heterocycles. The lowest BCUT2D eigenvalue weighted by Gasteiger charge is -2.26. The number of carbonyl (C=O) groups excluding carboxylic acids is 1. The molecule has 0 spiro atoms. The van der Waals surface area contributed by atoms with Crippen LogP contribution in [0.15, 0.2) is 18.2 Å². The van der Waals surface area contributed by atoms with Gasteiger partial charge in [-0.1, -0.05) is 0 Å². The van der Waals surface area contributed by atoms with E-state index >= 15 is 0 Å². The van der Waals surface area contributed by atoms with Crippen molar-refractivity contribution in [2.24, 2.45) is 0 Å². The molecular formula is C16H23N3O4. The van der Waals surface area contributed by atoms with Crippen LogP contribution in [0.2, 0.25) is 0 Å². The van der Waals surface area contributed by atoms with Gasteiger partial charge in [0.15, 0.2) is 11.5 Å². The minimum absolute atomic E-state index is 0.0600. The van der Waals surface area contributed by atoms with Crippen molar-refractivity contribution in [2.75, 3.05) is 58.0 Å². The fraction of sp³-hybridized carbons (Fsp3) is 0.562. The molecule has 0 saturated carbocycles. The molecule has 0 aromatic heterocycles. The third-order valence-electron chi connectivity index (χ3n) is 3.87. The fourth-order valence-electron chi connectivity index (χ4n) is 2.63. The number of benzene rings is 1. The van der Waals surface area contributed by atoms with Gasteiger partial charge < -0.3 is 24.8 Å². The molecule has 0 atom stereocenters. The zero-order valence-corrected chi connectivity index (χ0v) is 13.2. The summed E-state index contributed by atoms with van der Waals surface area (Å²) < 4.78 is 15.8. The van der Waals surface area contributed by atoms with Gasteiger partial charge in [0.25, 0.3) is 0 Å².